The molecule has 1 N–H and O–H groups in total. The molecule has 0 amide bonds. The Morgan fingerprint density at radius 3 is 2.30 bits per heavy atom. The first-order valence-electron chi connectivity index (χ1n) is 7.86. The molecule has 20 heavy (non-hydrogen) atoms. The molecule has 0 atom stereocenters. The van der Waals surface area contributed by atoms with Gasteiger partial charge in [-0.15, -0.1) is 0 Å². The van der Waals surface area contributed by atoms with Gasteiger partial charge in [-0.05, 0) is 89.4 Å². The van der Waals surface area contributed by atoms with E-state index in [2.05, 4.69) is 21.2 Å². The van der Waals surface area contributed by atoms with Gasteiger partial charge in [0.25, 0.3) is 0 Å². The lowest BCUT2D eigenvalue weighted by atomic mass is 9.54. The Hall–Kier alpha value is -0.410. The molecule has 0 aromatic heterocycles. The van der Waals surface area contributed by atoms with Crippen LogP contribution in [0.5, 0.6) is 0 Å². The third-order valence-corrected chi connectivity index (χ3v) is 6.40. The van der Waals surface area contributed by atoms with Crippen LogP contribution in [-0.2, 0) is 6.54 Å². The highest BCUT2D eigenvalue weighted by Crippen LogP contribution is 2.53. The van der Waals surface area contributed by atoms with Crippen molar-refractivity contribution in [2.45, 2.75) is 44.7 Å². The van der Waals surface area contributed by atoms with E-state index in [0.717, 1.165) is 35.8 Å². The molecule has 1 nitrogen and oxygen atoms in total. The summed E-state index contributed by atoms with van der Waals surface area (Å²) in [6.07, 6.45) is 7.22. The van der Waals surface area contributed by atoms with Crippen LogP contribution in [0.1, 0.15) is 37.7 Å². The second kappa shape index (κ2) is 5.10. The molecule has 0 spiro atoms. The Morgan fingerprint density at radius 1 is 1.05 bits per heavy atom. The Morgan fingerprint density at radius 2 is 1.70 bits per heavy atom. The molecule has 4 bridgehead atoms. The highest BCUT2D eigenvalue weighted by molar-refractivity contribution is 9.10. The fourth-order valence-corrected chi connectivity index (χ4v) is 5.39. The molecule has 0 unspecified atom stereocenters. The van der Waals surface area contributed by atoms with Gasteiger partial charge in [-0.1, -0.05) is 6.07 Å². The quantitative estimate of drug-likeness (QED) is 0.856. The van der Waals surface area contributed by atoms with E-state index in [-0.39, 0.29) is 5.82 Å². The average Bonchev–Trinajstić information content (AvgIpc) is 2.41. The van der Waals surface area contributed by atoms with E-state index in [9.17, 15) is 4.39 Å². The smallest absolute Gasteiger partial charge is 0.137 e. The number of hydrogen-bond donors (Lipinski definition) is 1. The second-order valence-electron chi connectivity index (χ2n) is 7.09. The zero-order chi connectivity index (χ0) is 13.7. The lowest BCUT2D eigenvalue weighted by Crippen LogP contribution is -2.54. The average molecular weight is 338 g/mol. The second-order valence-corrected chi connectivity index (χ2v) is 7.94. The van der Waals surface area contributed by atoms with Gasteiger partial charge in [-0.3, -0.25) is 0 Å². The predicted octanol–water partition coefficient (Wildman–Crippen LogP) is 4.50. The normalized spacial score (nSPS) is 38.4. The summed E-state index contributed by atoms with van der Waals surface area (Å²) < 4.78 is 14.1. The Balaban J connectivity index is 1.43. The molecule has 4 aliphatic carbocycles. The minimum Gasteiger partial charge on any atom is -0.309 e. The molecule has 3 heteroatoms. The molecule has 4 aliphatic rings. The van der Waals surface area contributed by atoms with Crippen LogP contribution in [-0.4, -0.2) is 6.04 Å². The van der Waals surface area contributed by atoms with Crippen molar-refractivity contribution < 1.29 is 4.39 Å². The van der Waals surface area contributed by atoms with Crippen LogP contribution in [0.15, 0.2) is 22.7 Å². The minimum absolute atomic E-state index is 0.158. The van der Waals surface area contributed by atoms with E-state index >= 15 is 0 Å². The standard InChI is InChI=1S/C17H21BrFN/c18-15-2-1-10(8-16(15)19)9-20-17-13-4-11-3-12(6-13)7-14(17)5-11/h1-2,8,11-14,17,20H,3-7,9H2. The fraction of sp³-hybridized carbons (Fsp3) is 0.647. The summed E-state index contributed by atoms with van der Waals surface area (Å²) in [5.41, 5.74) is 1.06. The molecule has 0 aliphatic heterocycles. The van der Waals surface area contributed by atoms with Gasteiger partial charge in [0.05, 0.1) is 4.47 Å². The van der Waals surface area contributed by atoms with Crippen LogP contribution < -0.4 is 5.32 Å². The Bertz CT molecular complexity index is 488. The lowest BCUT2D eigenvalue weighted by Gasteiger charge is -2.54. The summed E-state index contributed by atoms with van der Waals surface area (Å²) in [6, 6.07) is 6.14. The van der Waals surface area contributed by atoms with E-state index in [1.807, 2.05) is 12.1 Å². The van der Waals surface area contributed by atoms with Crippen molar-refractivity contribution >= 4 is 15.9 Å². The van der Waals surface area contributed by atoms with Gasteiger partial charge in [0.2, 0.25) is 0 Å². The van der Waals surface area contributed by atoms with Gasteiger partial charge in [0.15, 0.2) is 0 Å². The summed E-state index contributed by atoms with van der Waals surface area (Å²) >= 11 is 3.21. The lowest BCUT2D eigenvalue weighted by molar-refractivity contribution is -0.0142. The molecule has 4 fully saturated rings. The van der Waals surface area contributed by atoms with Gasteiger partial charge in [-0.25, -0.2) is 4.39 Å². The highest BCUT2D eigenvalue weighted by Gasteiger charge is 2.47. The molecule has 108 valence electrons. The largest absolute Gasteiger partial charge is 0.309 e. The highest BCUT2D eigenvalue weighted by atomic mass is 79.9. The van der Waals surface area contributed by atoms with E-state index in [1.165, 1.54) is 32.1 Å². The first kappa shape index (κ1) is 13.3. The van der Waals surface area contributed by atoms with Crippen molar-refractivity contribution in [2.75, 3.05) is 0 Å². The molecule has 4 saturated carbocycles. The van der Waals surface area contributed by atoms with Crippen molar-refractivity contribution in [3.63, 3.8) is 0 Å². The molecule has 0 saturated heterocycles. The van der Waals surface area contributed by atoms with Crippen LogP contribution in [0.4, 0.5) is 4.39 Å². The van der Waals surface area contributed by atoms with Crippen LogP contribution in [0.3, 0.4) is 0 Å². The predicted molar refractivity (Wildman–Crippen MR) is 81.8 cm³/mol. The van der Waals surface area contributed by atoms with E-state index in [4.69, 9.17) is 0 Å². The van der Waals surface area contributed by atoms with Crippen molar-refractivity contribution in [3.8, 4) is 0 Å². The van der Waals surface area contributed by atoms with Crippen molar-refractivity contribution in [1.82, 2.24) is 5.32 Å². The topological polar surface area (TPSA) is 12.0 Å². The monoisotopic (exact) mass is 337 g/mol. The summed E-state index contributed by atoms with van der Waals surface area (Å²) in [4.78, 5) is 0. The summed E-state index contributed by atoms with van der Waals surface area (Å²) in [5.74, 6) is 3.63. The zero-order valence-electron chi connectivity index (χ0n) is 11.6. The number of halogens is 2. The molecule has 0 heterocycles. The van der Waals surface area contributed by atoms with E-state index < -0.39 is 0 Å². The number of hydrogen-bond acceptors (Lipinski definition) is 1. The van der Waals surface area contributed by atoms with Crippen LogP contribution in [0.2, 0.25) is 0 Å². The third kappa shape index (κ3) is 2.33. The van der Waals surface area contributed by atoms with E-state index in [0.29, 0.717) is 10.5 Å². The van der Waals surface area contributed by atoms with Gasteiger partial charge in [0.1, 0.15) is 5.82 Å². The number of nitrogens with one attached hydrogen (secondary N) is 1. The maximum atomic E-state index is 13.6. The molecule has 1 aromatic rings. The maximum Gasteiger partial charge on any atom is 0.137 e. The summed E-state index contributed by atoms with van der Waals surface area (Å²) in [6.45, 7) is 0.803. The summed E-state index contributed by atoms with van der Waals surface area (Å²) in [5, 5.41) is 3.75. The zero-order valence-corrected chi connectivity index (χ0v) is 13.2. The first-order valence-corrected chi connectivity index (χ1v) is 8.65. The summed E-state index contributed by atoms with van der Waals surface area (Å²) in [7, 11) is 0. The van der Waals surface area contributed by atoms with Gasteiger partial charge in [0, 0.05) is 12.6 Å². The maximum absolute atomic E-state index is 13.6. The Kier molecular flexibility index (Phi) is 3.38. The third-order valence-electron chi connectivity index (χ3n) is 5.75. The van der Waals surface area contributed by atoms with Crippen LogP contribution >= 0.6 is 15.9 Å². The van der Waals surface area contributed by atoms with Crippen molar-refractivity contribution in [1.29, 1.82) is 0 Å². The number of benzene rings is 1. The fourth-order valence-electron chi connectivity index (χ4n) is 5.14. The van der Waals surface area contributed by atoms with E-state index in [1.54, 1.807) is 6.07 Å². The molecule has 5 rings (SSSR count). The minimum atomic E-state index is -0.158. The Labute approximate surface area is 128 Å². The van der Waals surface area contributed by atoms with Crippen LogP contribution in [0, 0.1) is 29.5 Å². The van der Waals surface area contributed by atoms with Crippen molar-refractivity contribution in [2.24, 2.45) is 23.7 Å². The molecule has 1 aromatic carbocycles. The molecular weight excluding hydrogens is 317 g/mol. The molecule has 0 radical (unpaired) electrons. The van der Waals surface area contributed by atoms with Gasteiger partial charge < -0.3 is 5.32 Å². The first-order chi connectivity index (χ1) is 9.69. The van der Waals surface area contributed by atoms with Gasteiger partial charge in [-0.2, -0.15) is 0 Å². The number of rotatable bonds is 3. The molecular formula is C17H21BrFN. The van der Waals surface area contributed by atoms with Crippen LogP contribution in [0.25, 0.3) is 0 Å². The SMILES string of the molecule is Fc1cc(CNC2C3CC4CC(C3)CC2C4)ccc1Br. The van der Waals surface area contributed by atoms with Crippen molar-refractivity contribution in [3.05, 3.63) is 34.1 Å². The van der Waals surface area contributed by atoms with Gasteiger partial charge >= 0.3 is 0 Å².